The number of hydrogen-bond donors (Lipinski definition) is 6. The molecule has 1 aliphatic carbocycles. The number of rotatable bonds is 18. The molecule has 13 atom stereocenters. The predicted molar refractivity (Wildman–Crippen MR) is 310 cm³/mol. The number of anilines is 1. The van der Waals surface area contributed by atoms with E-state index >= 15 is 9.59 Å². The number of para-hydroxylation sites is 1. The molecule has 3 amide bonds. The molecule has 6 N–H and O–H groups in total. The zero-order valence-corrected chi connectivity index (χ0v) is 50.2. The molecule has 3 fully saturated rings. The number of ether oxygens (including phenoxy) is 4. The molecule has 1 aromatic heterocycles. The summed E-state index contributed by atoms with van der Waals surface area (Å²) in [6.45, 7) is 11.7. The second kappa shape index (κ2) is 22.8. The third kappa shape index (κ3) is 9.55. The van der Waals surface area contributed by atoms with Gasteiger partial charge in [-0.05, 0) is 79.8 Å². The third-order valence-electron chi connectivity index (χ3n) is 20.6. The molecule has 0 radical (unpaired) electrons. The van der Waals surface area contributed by atoms with Crippen LogP contribution in [0.3, 0.4) is 0 Å². The molecule has 22 nitrogen and oxygen atoms in total. The number of benzene rings is 2. The lowest BCUT2D eigenvalue weighted by molar-refractivity contribution is -0.921. The molecule has 2 aromatic carbocycles. The highest BCUT2D eigenvalue weighted by molar-refractivity contribution is 5.96. The van der Waals surface area contributed by atoms with Crippen LogP contribution in [-0.4, -0.2) is 198 Å². The standard InChI is InChI=1S/C63H81N7O15/c1-10-35(4)50(53(76)65-44(54(77)78)29-49(73)74)66-52(75)45-19-15-24-69(45)48(72)34-70-26-20-40-39-17-13-14-18-43(39)64-51(40)62(58(79)83-8,31-38(33-70)27-37(11-2)32-70)42-28-41-46(30-47(42)82-7)67(6)56-61(41)22-25-68-23-16-21-60(12-3,55(61)68)57(85-36(5)71)63(56,81)59(80)84-9/h13-14,16-18,21,27-28,30,35,38,44-45,50,55-57,64,81H,10-12,15,19-20,22-26,29,31-34H2,1-9H3,(H3-,65,66,73,74,75,76,77,78)/p+1/t35-,38+,44-,45-,50-,55-,56+,57+,60+,61+,62-,63-,70?/m0/s1. The second-order valence-corrected chi connectivity index (χ2v) is 24.9. The molecule has 458 valence electrons. The van der Waals surface area contributed by atoms with Crippen LogP contribution in [0.25, 0.3) is 10.9 Å². The maximum absolute atomic E-state index is 16.0. The summed E-state index contributed by atoms with van der Waals surface area (Å²) in [4.78, 5) is 120. The number of aliphatic hydroxyl groups is 1. The average molecular weight is 1180 g/mol. The van der Waals surface area contributed by atoms with Crippen molar-refractivity contribution in [3.05, 3.63) is 82.6 Å². The molecular formula is C63H82N7O15+. The van der Waals surface area contributed by atoms with Crippen LogP contribution in [0.2, 0.25) is 0 Å². The van der Waals surface area contributed by atoms with Gasteiger partial charge in [0, 0.05) is 90.2 Å². The molecule has 1 saturated carbocycles. The molecule has 10 rings (SSSR count). The van der Waals surface area contributed by atoms with Crippen LogP contribution in [-0.2, 0) is 69.8 Å². The Labute approximate surface area is 494 Å². The summed E-state index contributed by atoms with van der Waals surface area (Å²) in [5.74, 6) is -7.27. The second-order valence-electron chi connectivity index (χ2n) is 24.9. The van der Waals surface area contributed by atoms with Crippen molar-refractivity contribution in [3.8, 4) is 5.75 Å². The van der Waals surface area contributed by atoms with Gasteiger partial charge < -0.3 is 64.2 Å². The summed E-state index contributed by atoms with van der Waals surface area (Å²) in [5, 5.41) is 38.6. The lowest BCUT2D eigenvalue weighted by Gasteiger charge is -2.63. The van der Waals surface area contributed by atoms with Gasteiger partial charge in [-0.1, -0.05) is 70.5 Å². The number of carbonyl (C=O) groups excluding carboxylic acids is 6. The monoisotopic (exact) mass is 1180 g/mol. The number of methoxy groups -OCH3 is 3. The van der Waals surface area contributed by atoms with E-state index in [1.807, 2.05) is 74.3 Å². The first-order valence-corrected chi connectivity index (χ1v) is 29.9. The summed E-state index contributed by atoms with van der Waals surface area (Å²) >= 11 is 0. The maximum atomic E-state index is 16.0. The van der Waals surface area contributed by atoms with Gasteiger partial charge in [0.1, 0.15) is 35.8 Å². The molecule has 6 aliphatic heterocycles. The van der Waals surface area contributed by atoms with Crippen LogP contribution in [0.1, 0.15) is 108 Å². The van der Waals surface area contributed by atoms with Gasteiger partial charge in [-0.15, -0.1) is 0 Å². The number of quaternary nitrogens is 1. The van der Waals surface area contributed by atoms with Crippen molar-refractivity contribution in [2.24, 2.45) is 17.3 Å². The topological polar surface area (TPSA) is 284 Å². The fraction of sp³-hybridized carbons (Fsp3) is 0.587. The average Bonchev–Trinajstić information content (AvgIpc) is 1.54. The first kappa shape index (κ1) is 60.8. The molecule has 2 saturated heterocycles. The number of nitrogens with zero attached hydrogens (tertiary/aromatic N) is 4. The Morgan fingerprint density at radius 3 is 2.34 bits per heavy atom. The summed E-state index contributed by atoms with van der Waals surface area (Å²) < 4.78 is 24.6. The van der Waals surface area contributed by atoms with Crippen LogP contribution in [0.15, 0.2) is 60.2 Å². The van der Waals surface area contributed by atoms with E-state index in [2.05, 4.69) is 33.5 Å². The molecule has 22 heteroatoms. The van der Waals surface area contributed by atoms with Crippen LogP contribution in [0.4, 0.5) is 5.69 Å². The number of amides is 3. The Hall–Kier alpha value is -7.30. The van der Waals surface area contributed by atoms with Gasteiger partial charge in [-0.2, -0.15) is 0 Å². The summed E-state index contributed by atoms with van der Waals surface area (Å²) in [5.41, 5.74) is -0.871. The van der Waals surface area contributed by atoms with Crippen LogP contribution < -0.4 is 20.3 Å². The van der Waals surface area contributed by atoms with Gasteiger partial charge in [0.2, 0.25) is 17.4 Å². The number of aromatic amines is 1. The minimum atomic E-state index is -2.40. The molecule has 1 unspecified atom stereocenters. The molecule has 85 heavy (non-hydrogen) atoms. The van der Waals surface area contributed by atoms with Crippen LogP contribution in [0.5, 0.6) is 5.75 Å². The Balaban J connectivity index is 1.08. The van der Waals surface area contributed by atoms with E-state index in [0.717, 1.165) is 27.6 Å². The number of aromatic nitrogens is 1. The zero-order chi connectivity index (χ0) is 61.3. The van der Waals surface area contributed by atoms with E-state index in [1.165, 1.54) is 21.1 Å². The number of aliphatic carboxylic acids is 2. The van der Waals surface area contributed by atoms with E-state index in [1.54, 1.807) is 18.9 Å². The summed E-state index contributed by atoms with van der Waals surface area (Å²) in [7, 11) is 5.98. The summed E-state index contributed by atoms with van der Waals surface area (Å²) in [6.07, 6.45) is 7.37. The lowest BCUT2D eigenvalue weighted by atomic mass is 9.47. The smallest absolute Gasteiger partial charge is 0.344 e. The number of likely N-dealkylation sites (tertiary alicyclic amines) is 1. The Morgan fingerprint density at radius 2 is 1.68 bits per heavy atom. The van der Waals surface area contributed by atoms with Gasteiger partial charge >= 0.3 is 29.8 Å². The Kier molecular flexibility index (Phi) is 16.3. The maximum Gasteiger partial charge on any atom is 0.344 e. The quantitative estimate of drug-likeness (QED) is 0.0456. The van der Waals surface area contributed by atoms with Crippen molar-refractivity contribution in [1.82, 2.24) is 25.4 Å². The fourth-order valence-electron chi connectivity index (χ4n) is 16.9. The first-order valence-electron chi connectivity index (χ1n) is 29.9. The normalized spacial score (nSPS) is 31.0. The lowest BCUT2D eigenvalue weighted by Crippen LogP contribution is -2.81. The number of esters is 3. The van der Waals surface area contributed by atoms with Crippen LogP contribution >= 0.6 is 0 Å². The van der Waals surface area contributed by atoms with Crippen molar-refractivity contribution in [1.29, 1.82) is 0 Å². The zero-order valence-electron chi connectivity index (χ0n) is 50.2. The number of carbonyl (C=O) groups is 8. The SMILES string of the molecule is CCC1=C[C@@H]2C[C@](C(=O)OC)(c3cc4c(cc3OC)N(C)[C@H]3[C@@](O)(C(=O)OC)[C@H](OC(C)=O)[C@]5(CC)C=CCN6CC[C@]43[C@@H]65)c3[nH]c4ccccc4c3CC[N+](CC(=O)N3CCC[C@H]3C(=O)N[C@H](C(=O)N[C@@H](CC(=O)O)C(=O)O)[C@@H](C)CC)(C1)C2. The van der Waals surface area contributed by atoms with E-state index in [4.69, 9.17) is 18.9 Å². The van der Waals surface area contributed by atoms with Gasteiger partial charge in [-0.3, -0.25) is 33.7 Å². The highest BCUT2D eigenvalue weighted by Gasteiger charge is 2.80. The minimum Gasteiger partial charge on any atom is -0.496 e. The predicted octanol–water partition coefficient (Wildman–Crippen LogP) is 3.88. The molecule has 3 aromatic rings. The van der Waals surface area contributed by atoms with Crippen molar-refractivity contribution in [2.45, 2.75) is 145 Å². The number of fused-ring (bicyclic) bond motifs is 6. The Bertz CT molecular complexity index is 3290. The van der Waals surface area contributed by atoms with Gasteiger partial charge in [-0.25, -0.2) is 9.59 Å². The van der Waals surface area contributed by atoms with Crippen molar-refractivity contribution < 1.29 is 77.1 Å². The highest BCUT2D eigenvalue weighted by Crippen LogP contribution is 2.68. The summed E-state index contributed by atoms with van der Waals surface area (Å²) in [6, 6.07) is 6.48. The van der Waals surface area contributed by atoms with E-state index in [9.17, 15) is 44.1 Å². The number of likely N-dealkylation sites (N-methyl/N-ethyl adjacent to an activating group) is 1. The van der Waals surface area contributed by atoms with E-state index < -0.39 is 112 Å². The number of H-pyrrole nitrogens is 1. The molecular weight excluding hydrogens is 1090 g/mol. The van der Waals surface area contributed by atoms with Gasteiger partial charge in [0.25, 0.3) is 5.91 Å². The fourth-order valence-corrected chi connectivity index (χ4v) is 16.9. The molecule has 1 spiro atoms. The van der Waals surface area contributed by atoms with Crippen molar-refractivity contribution >= 4 is 64.2 Å². The molecule has 7 heterocycles. The van der Waals surface area contributed by atoms with Crippen molar-refractivity contribution in [2.75, 3.05) is 79.1 Å². The van der Waals surface area contributed by atoms with E-state index in [0.29, 0.717) is 105 Å². The van der Waals surface area contributed by atoms with Crippen molar-refractivity contribution in [3.63, 3.8) is 0 Å². The molecule has 7 aliphatic rings. The number of hydrogen-bond acceptors (Lipinski definition) is 15. The van der Waals surface area contributed by atoms with Crippen LogP contribution in [0, 0.1) is 17.3 Å². The van der Waals surface area contributed by atoms with Gasteiger partial charge in [0.15, 0.2) is 12.6 Å². The Morgan fingerprint density at radius 1 is 0.941 bits per heavy atom. The first-order chi connectivity index (χ1) is 40.5. The third-order valence-corrected chi connectivity index (χ3v) is 20.6. The number of carboxylic acids is 2. The van der Waals surface area contributed by atoms with E-state index in [-0.39, 0.29) is 31.3 Å². The minimum absolute atomic E-state index is 0.00660. The van der Waals surface area contributed by atoms with Gasteiger partial charge in [0.05, 0.1) is 46.9 Å². The number of carboxylic acid groups (broad SMARTS) is 2. The highest BCUT2D eigenvalue weighted by atomic mass is 16.6. The largest absolute Gasteiger partial charge is 0.496 e. The molecule has 2 bridgehead atoms. The number of nitrogens with one attached hydrogen (secondary N) is 3.